The molecule has 1 saturated carbocycles. The molecular weight excluding hydrogens is 260 g/mol. The number of rotatable bonds is 3. The van der Waals surface area contributed by atoms with E-state index in [1.165, 1.54) is 6.92 Å². The molecule has 1 aliphatic carbocycles. The van der Waals surface area contributed by atoms with Crippen LogP contribution >= 0.6 is 0 Å². The second kappa shape index (κ2) is 5.75. The molecule has 0 amide bonds. The van der Waals surface area contributed by atoms with Gasteiger partial charge in [-0.1, -0.05) is 20.8 Å². The minimum Gasteiger partial charge on any atom is -0.454 e. The Morgan fingerprint density at radius 1 is 1.32 bits per heavy atom. The number of ether oxygens (including phenoxy) is 1. The molecule has 0 unspecified atom stereocenters. The number of ketones is 1. The number of carbonyl (C=O) groups is 2. The van der Waals surface area contributed by atoms with Crippen LogP contribution in [0.25, 0.3) is 0 Å². The van der Waals surface area contributed by atoms with Crippen LogP contribution in [0.1, 0.15) is 47.0 Å². The molecule has 0 radical (unpaired) electrons. The van der Waals surface area contributed by atoms with Gasteiger partial charge in [0.2, 0.25) is 0 Å². The lowest BCUT2D eigenvalue weighted by atomic mass is 9.94. The van der Waals surface area contributed by atoms with Crippen LogP contribution in [0, 0.1) is 0 Å². The van der Waals surface area contributed by atoms with E-state index in [0.717, 1.165) is 6.42 Å². The number of carbonyl (C=O) groups excluding carboxylic acids is 2. The molecule has 0 aliphatic heterocycles. The minimum absolute atomic E-state index is 0.0188. The Bertz CT molecular complexity index is 357. The zero-order valence-electron chi connectivity index (χ0n) is 12.9. The summed E-state index contributed by atoms with van der Waals surface area (Å²) in [6, 6.07) is 0. The first-order valence-electron chi connectivity index (χ1n) is 6.90. The first kappa shape index (κ1) is 16.4. The maximum Gasteiger partial charge on any atom is 0.303 e. The molecule has 0 bridgehead atoms. The highest BCUT2D eigenvalue weighted by atomic mass is 28.4. The van der Waals surface area contributed by atoms with Crippen molar-refractivity contribution in [1.29, 1.82) is 0 Å². The van der Waals surface area contributed by atoms with Gasteiger partial charge in [-0.15, -0.1) is 0 Å². The first-order chi connectivity index (χ1) is 8.53. The first-order valence-corrected chi connectivity index (χ1v) is 9.81. The maximum atomic E-state index is 11.7. The van der Waals surface area contributed by atoms with E-state index in [1.807, 2.05) is 0 Å². The van der Waals surface area contributed by atoms with Crippen LogP contribution in [0.2, 0.25) is 18.1 Å². The SMILES string of the molecule is CC(=O)O[C@@H]1C[C@H](O[Si](C)(C)C(C)(C)C)CCC1=O. The summed E-state index contributed by atoms with van der Waals surface area (Å²) >= 11 is 0. The molecule has 1 fully saturated rings. The van der Waals surface area contributed by atoms with Crippen LogP contribution in [0.15, 0.2) is 0 Å². The normalized spacial score (nSPS) is 25.3. The van der Waals surface area contributed by atoms with Gasteiger partial charge in [0.05, 0.1) is 0 Å². The van der Waals surface area contributed by atoms with Crippen molar-refractivity contribution in [2.24, 2.45) is 0 Å². The van der Waals surface area contributed by atoms with E-state index in [2.05, 4.69) is 33.9 Å². The summed E-state index contributed by atoms with van der Waals surface area (Å²) in [5.74, 6) is -0.378. The fourth-order valence-electron chi connectivity index (χ4n) is 1.97. The van der Waals surface area contributed by atoms with Crippen molar-refractivity contribution in [3.8, 4) is 0 Å². The zero-order valence-corrected chi connectivity index (χ0v) is 13.9. The molecule has 0 saturated heterocycles. The number of hydrogen-bond donors (Lipinski definition) is 0. The molecule has 0 N–H and O–H groups in total. The molecule has 0 aromatic heterocycles. The van der Waals surface area contributed by atoms with Crippen molar-refractivity contribution in [2.75, 3.05) is 0 Å². The fourth-order valence-corrected chi connectivity index (χ4v) is 3.37. The van der Waals surface area contributed by atoms with Gasteiger partial charge in [-0.3, -0.25) is 9.59 Å². The Hall–Kier alpha value is -0.683. The van der Waals surface area contributed by atoms with Crippen molar-refractivity contribution in [2.45, 2.75) is 77.3 Å². The van der Waals surface area contributed by atoms with E-state index in [9.17, 15) is 9.59 Å². The van der Waals surface area contributed by atoms with Crippen LogP contribution in [-0.2, 0) is 18.8 Å². The molecule has 0 spiro atoms. The van der Waals surface area contributed by atoms with E-state index in [-0.39, 0.29) is 16.9 Å². The number of esters is 1. The Labute approximate surface area is 117 Å². The minimum atomic E-state index is -1.84. The topological polar surface area (TPSA) is 52.6 Å². The molecule has 0 aromatic rings. The maximum absolute atomic E-state index is 11.7. The average molecular weight is 286 g/mol. The monoisotopic (exact) mass is 286 g/mol. The fraction of sp³-hybridized carbons (Fsp3) is 0.857. The quantitative estimate of drug-likeness (QED) is 0.591. The van der Waals surface area contributed by atoms with Gasteiger partial charge >= 0.3 is 5.97 Å². The lowest BCUT2D eigenvalue weighted by molar-refractivity contribution is -0.156. The van der Waals surface area contributed by atoms with Gasteiger partial charge in [0.15, 0.2) is 20.2 Å². The molecule has 19 heavy (non-hydrogen) atoms. The van der Waals surface area contributed by atoms with Crippen molar-refractivity contribution >= 4 is 20.1 Å². The summed E-state index contributed by atoms with van der Waals surface area (Å²) in [5.41, 5.74) is 0. The molecule has 2 atom stereocenters. The smallest absolute Gasteiger partial charge is 0.303 e. The van der Waals surface area contributed by atoms with E-state index in [1.54, 1.807) is 0 Å². The van der Waals surface area contributed by atoms with Crippen LogP contribution in [0.4, 0.5) is 0 Å². The molecule has 110 valence electrons. The highest BCUT2D eigenvalue weighted by Crippen LogP contribution is 2.39. The third-order valence-corrected chi connectivity index (χ3v) is 8.66. The molecule has 5 heteroatoms. The Morgan fingerprint density at radius 2 is 1.89 bits per heavy atom. The summed E-state index contributed by atoms with van der Waals surface area (Å²) < 4.78 is 11.4. The molecule has 1 rings (SSSR count). The summed E-state index contributed by atoms with van der Waals surface area (Å²) in [6.07, 6.45) is 1.11. The van der Waals surface area contributed by atoms with Gasteiger partial charge in [0.25, 0.3) is 0 Å². The number of Topliss-reactive ketones (excluding diaryl/α,β-unsaturated/α-hetero) is 1. The number of hydrogen-bond acceptors (Lipinski definition) is 4. The van der Waals surface area contributed by atoms with Gasteiger partial charge in [-0.2, -0.15) is 0 Å². The standard InChI is InChI=1S/C14H26O4Si/c1-10(15)17-13-9-11(7-8-12(13)16)18-19(5,6)14(2,3)4/h11,13H,7-9H2,1-6H3/t11-,13-/m1/s1. The van der Waals surface area contributed by atoms with Gasteiger partial charge < -0.3 is 9.16 Å². The van der Waals surface area contributed by atoms with Crippen LogP contribution in [0.5, 0.6) is 0 Å². The predicted molar refractivity (Wildman–Crippen MR) is 76.5 cm³/mol. The van der Waals surface area contributed by atoms with Crippen molar-refractivity contribution in [3.63, 3.8) is 0 Å². The van der Waals surface area contributed by atoms with Crippen LogP contribution < -0.4 is 0 Å². The van der Waals surface area contributed by atoms with E-state index >= 15 is 0 Å². The predicted octanol–water partition coefficient (Wildman–Crippen LogP) is 3.06. The van der Waals surface area contributed by atoms with Gasteiger partial charge in [-0.25, -0.2) is 0 Å². The second-order valence-electron chi connectivity index (χ2n) is 6.84. The summed E-state index contributed by atoms with van der Waals surface area (Å²) in [6.45, 7) is 12.3. The Morgan fingerprint density at radius 3 is 2.37 bits per heavy atom. The molecule has 0 heterocycles. The van der Waals surface area contributed by atoms with E-state index < -0.39 is 20.4 Å². The van der Waals surface area contributed by atoms with Crippen LogP contribution in [0.3, 0.4) is 0 Å². The Kier molecular flexibility index (Phi) is 4.95. The largest absolute Gasteiger partial charge is 0.454 e. The lowest BCUT2D eigenvalue weighted by Crippen LogP contribution is -2.47. The summed E-state index contributed by atoms with van der Waals surface area (Å²) in [5, 5.41) is 0.144. The van der Waals surface area contributed by atoms with E-state index in [0.29, 0.717) is 12.8 Å². The highest BCUT2D eigenvalue weighted by molar-refractivity contribution is 6.74. The van der Waals surface area contributed by atoms with Gasteiger partial charge in [-0.05, 0) is 24.6 Å². The van der Waals surface area contributed by atoms with Crippen molar-refractivity contribution in [3.05, 3.63) is 0 Å². The average Bonchev–Trinajstić information content (AvgIpc) is 2.20. The summed E-state index contributed by atoms with van der Waals surface area (Å²) in [7, 11) is -1.84. The zero-order chi connectivity index (χ0) is 14.8. The van der Waals surface area contributed by atoms with E-state index in [4.69, 9.17) is 9.16 Å². The molecule has 0 aromatic carbocycles. The van der Waals surface area contributed by atoms with Gasteiger partial charge in [0, 0.05) is 25.9 Å². The van der Waals surface area contributed by atoms with Crippen molar-refractivity contribution < 1.29 is 18.8 Å². The van der Waals surface area contributed by atoms with Crippen molar-refractivity contribution in [1.82, 2.24) is 0 Å². The Balaban J connectivity index is 2.66. The highest BCUT2D eigenvalue weighted by Gasteiger charge is 2.41. The summed E-state index contributed by atoms with van der Waals surface area (Å²) in [4.78, 5) is 22.7. The molecule has 4 nitrogen and oxygen atoms in total. The third kappa shape index (κ3) is 4.42. The lowest BCUT2D eigenvalue weighted by Gasteiger charge is -2.41. The van der Waals surface area contributed by atoms with Gasteiger partial charge in [0.1, 0.15) is 0 Å². The molecular formula is C14H26O4Si. The molecule has 1 aliphatic rings. The third-order valence-electron chi connectivity index (χ3n) is 4.12. The second-order valence-corrected chi connectivity index (χ2v) is 11.6. The van der Waals surface area contributed by atoms with Crippen LogP contribution in [-0.4, -0.2) is 32.3 Å².